The largest absolute Gasteiger partial charge is 0.627 e. The van der Waals surface area contributed by atoms with Gasteiger partial charge in [0.05, 0.1) is 93.3 Å². The number of fused-ring (bicyclic) bond motifs is 2. The van der Waals surface area contributed by atoms with E-state index in [0.717, 1.165) is 25.7 Å². The van der Waals surface area contributed by atoms with Gasteiger partial charge in [-0.15, -0.1) is 0 Å². The average Bonchev–Trinajstić information content (AvgIpc) is 3.16. The van der Waals surface area contributed by atoms with Crippen molar-refractivity contribution in [3.63, 3.8) is 0 Å². The Morgan fingerprint density at radius 3 is 1.19 bits per heavy atom. The second-order valence-corrected chi connectivity index (χ2v) is 16.2. The van der Waals surface area contributed by atoms with Crippen LogP contribution in [-0.4, -0.2) is 99.1 Å². The van der Waals surface area contributed by atoms with Gasteiger partial charge in [-0.3, -0.25) is 43.8 Å². The van der Waals surface area contributed by atoms with Crippen LogP contribution in [-0.2, 0) is 0 Å². The first-order valence-electron chi connectivity index (χ1n) is 20.0. The number of carbonyl (C=O) groups excluding carboxylic acids is 2. The molecule has 0 bridgehead atoms. The number of hydrogen-bond acceptors (Lipinski definition) is 9. The predicted octanol–water partition coefficient (Wildman–Crippen LogP) is 6.80. The van der Waals surface area contributed by atoms with Gasteiger partial charge in [-0.1, -0.05) is 13.8 Å². The maximum Gasteiger partial charge on any atom is 0.305 e. The molecule has 1 aromatic carbocycles. The number of hydroxylamine groups is 12. The van der Waals surface area contributed by atoms with E-state index in [0.29, 0.717) is 51.4 Å². The SMILES string of the molecule is CCC(Nc1ccc(NC(CC)([N+]2([O-])CCCCC2)[N+]2([O-])CCCCC2)c2c1C(=O)c1ccncc1C2=O)([N+]1([O-])CCCCC1)[N+]1([O-])CCCCC1. The molecule has 4 fully saturated rings. The zero-order valence-electron chi connectivity index (χ0n) is 31.1. The van der Waals surface area contributed by atoms with Crippen LogP contribution in [0.5, 0.6) is 0 Å². The number of carbonyl (C=O) groups is 2. The maximum atomic E-state index is 15.1. The predicted molar refractivity (Wildman–Crippen MR) is 200 cm³/mol. The van der Waals surface area contributed by atoms with Crippen molar-refractivity contribution in [1.82, 2.24) is 4.98 Å². The molecule has 0 unspecified atom stereocenters. The van der Waals surface area contributed by atoms with Crippen LogP contribution < -0.4 is 10.6 Å². The Hall–Kier alpha value is -3.01. The highest BCUT2D eigenvalue weighted by Crippen LogP contribution is 2.48. The number of piperidine rings is 4. The van der Waals surface area contributed by atoms with Gasteiger partial charge < -0.3 is 20.8 Å². The van der Waals surface area contributed by atoms with Gasteiger partial charge in [0.1, 0.15) is 0 Å². The van der Waals surface area contributed by atoms with E-state index in [1.54, 1.807) is 12.1 Å². The van der Waals surface area contributed by atoms with Crippen molar-refractivity contribution in [3.05, 3.63) is 73.7 Å². The number of quaternary nitrogens is 4. The van der Waals surface area contributed by atoms with Gasteiger partial charge in [0.25, 0.3) is 0 Å². The number of pyridine rings is 1. The summed E-state index contributed by atoms with van der Waals surface area (Å²) in [6, 6.07) is 4.90. The van der Waals surface area contributed by atoms with Gasteiger partial charge in [0, 0.05) is 18.0 Å². The van der Waals surface area contributed by atoms with Gasteiger partial charge in [-0.25, -0.2) is 0 Å². The molecule has 0 amide bonds. The third-order valence-corrected chi connectivity index (χ3v) is 13.5. The minimum Gasteiger partial charge on any atom is -0.627 e. The molecule has 13 nitrogen and oxygen atoms in total. The average molecular weight is 720 g/mol. The van der Waals surface area contributed by atoms with Crippen molar-refractivity contribution in [2.45, 2.75) is 115 Å². The lowest BCUT2D eigenvalue weighted by Crippen LogP contribution is -2.80. The molecule has 0 saturated carbocycles. The summed E-state index contributed by atoms with van der Waals surface area (Å²) in [4.78, 5) is 33.6. The van der Waals surface area contributed by atoms with Crippen LogP contribution in [0, 0.1) is 20.8 Å². The van der Waals surface area contributed by atoms with E-state index in [1.165, 1.54) is 18.5 Å². The minimum absolute atomic E-state index is 0.0535. The van der Waals surface area contributed by atoms with Crippen molar-refractivity contribution in [2.75, 3.05) is 63.0 Å². The summed E-state index contributed by atoms with van der Waals surface area (Å²) in [5.41, 5.74) is 0.966. The summed E-state index contributed by atoms with van der Waals surface area (Å²) in [5, 5.41) is 67.5. The summed E-state index contributed by atoms with van der Waals surface area (Å²) < 4.78 is -2.85. The number of anilines is 2. The molecule has 5 aliphatic rings. The quantitative estimate of drug-likeness (QED) is 0.169. The molecule has 0 atom stereocenters. The summed E-state index contributed by atoms with van der Waals surface area (Å²) in [5.74, 6) is -3.97. The van der Waals surface area contributed by atoms with Gasteiger partial charge in [0.15, 0.2) is 11.6 Å². The Morgan fingerprint density at radius 1 is 0.538 bits per heavy atom. The fourth-order valence-corrected chi connectivity index (χ4v) is 10.7. The van der Waals surface area contributed by atoms with Crippen molar-refractivity contribution in [3.8, 4) is 0 Å². The molecule has 7 rings (SSSR count). The normalized spacial score (nSPS) is 24.0. The zero-order chi connectivity index (χ0) is 36.8. The number of likely N-dealkylation sites (tertiary alicyclic amines) is 4. The number of nitrogens with one attached hydrogen (secondary N) is 2. The lowest BCUT2D eigenvalue weighted by Gasteiger charge is -2.67. The van der Waals surface area contributed by atoms with Crippen molar-refractivity contribution >= 4 is 22.9 Å². The maximum absolute atomic E-state index is 15.1. The Morgan fingerprint density at radius 2 is 0.865 bits per heavy atom. The first-order valence-corrected chi connectivity index (χ1v) is 20.0. The molecule has 284 valence electrons. The first-order chi connectivity index (χ1) is 24.9. The fourth-order valence-electron chi connectivity index (χ4n) is 10.7. The smallest absolute Gasteiger partial charge is 0.305 e. The molecule has 1 aromatic heterocycles. The minimum atomic E-state index is -1.55. The van der Waals surface area contributed by atoms with Gasteiger partial charge >= 0.3 is 11.6 Å². The highest BCUT2D eigenvalue weighted by molar-refractivity contribution is 6.31. The summed E-state index contributed by atoms with van der Waals surface area (Å²) in [6.45, 7) is 6.07. The number of nitrogens with zero attached hydrogens (tertiary/aromatic N) is 5. The Kier molecular flexibility index (Phi) is 10.0. The molecule has 0 radical (unpaired) electrons. The van der Waals surface area contributed by atoms with E-state index >= 15 is 20.8 Å². The number of benzene rings is 1. The van der Waals surface area contributed by atoms with Crippen molar-refractivity contribution < 1.29 is 28.2 Å². The van der Waals surface area contributed by atoms with Crippen LogP contribution >= 0.6 is 0 Å². The van der Waals surface area contributed by atoms with Crippen molar-refractivity contribution in [1.29, 1.82) is 0 Å². The monoisotopic (exact) mass is 719 g/mol. The number of ketones is 2. The number of aromatic nitrogens is 1. The molecule has 0 spiro atoms. The lowest BCUT2D eigenvalue weighted by atomic mass is 9.82. The molecule has 52 heavy (non-hydrogen) atoms. The molecule has 13 heteroatoms. The van der Waals surface area contributed by atoms with E-state index in [2.05, 4.69) is 15.6 Å². The van der Waals surface area contributed by atoms with E-state index < -0.39 is 41.7 Å². The van der Waals surface area contributed by atoms with Crippen LogP contribution in [0.4, 0.5) is 11.4 Å². The molecule has 4 aliphatic heterocycles. The third kappa shape index (κ3) is 5.62. The van der Waals surface area contributed by atoms with E-state index in [1.807, 2.05) is 13.8 Å². The van der Waals surface area contributed by atoms with E-state index in [9.17, 15) is 9.59 Å². The molecule has 4 saturated heterocycles. The van der Waals surface area contributed by atoms with E-state index in [-0.39, 0.29) is 98.8 Å². The highest BCUT2D eigenvalue weighted by Gasteiger charge is 2.60. The Balaban J connectivity index is 1.43. The Bertz CT molecular complexity index is 1490. The summed E-state index contributed by atoms with van der Waals surface area (Å²) in [6.07, 6.45) is 12.6. The summed E-state index contributed by atoms with van der Waals surface area (Å²) in [7, 11) is 0. The van der Waals surface area contributed by atoms with Crippen LogP contribution in [0.2, 0.25) is 0 Å². The fraction of sp³-hybridized carbons (Fsp3) is 0.667. The van der Waals surface area contributed by atoms with E-state index in [4.69, 9.17) is 0 Å². The molecule has 1 aliphatic carbocycles. The van der Waals surface area contributed by atoms with Crippen LogP contribution in [0.25, 0.3) is 0 Å². The zero-order valence-corrected chi connectivity index (χ0v) is 31.1. The topological polar surface area (TPSA) is 163 Å². The first kappa shape index (κ1) is 37.3. The van der Waals surface area contributed by atoms with Crippen LogP contribution in [0.15, 0.2) is 30.6 Å². The van der Waals surface area contributed by atoms with Gasteiger partial charge in [-0.2, -0.15) is 0 Å². The molecular formula is C39H57N7O6. The second kappa shape index (κ2) is 14.0. The Labute approximate surface area is 307 Å². The molecule has 2 N–H and O–H groups in total. The lowest BCUT2D eigenvalue weighted by molar-refractivity contribution is -1.13. The highest BCUT2D eigenvalue weighted by atomic mass is 16.6. The molecule has 5 heterocycles. The number of hydrogen-bond donors (Lipinski definition) is 2. The van der Waals surface area contributed by atoms with Crippen LogP contribution in [0.1, 0.15) is 136 Å². The van der Waals surface area contributed by atoms with Crippen LogP contribution in [0.3, 0.4) is 0 Å². The van der Waals surface area contributed by atoms with Gasteiger partial charge in [-0.05, 0) is 95.2 Å². The van der Waals surface area contributed by atoms with Gasteiger partial charge in [0.2, 0.25) is 0 Å². The summed E-state index contributed by atoms with van der Waals surface area (Å²) >= 11 is 0. The third-order valence-electron chi connectivity index (χ3n) is 13.5. The second-order valence-electron chi connectivity index (χ2n) is 16.2. The number of rotatable bonds is 10. The molecular weight excluding hydrogens is 662 g/mol. The standard InChI is InChI=1S/C39H57N7O6/c1-3-38(43(49)21-9-5-10-22-43,44(50)23-11-6-12-24-44)41-32-17-18-33(35-34(32)36(47)30-19-20-40-29-31(30)37(35)48)42-39(4-2,45(51)25-13-7-14-26-45)46(52)27-15-8-16-28-46/h17-20,29,41-42H,3-16,21-28H2,1-2H3. The van der Waals surface area contributed by atoms with Crippen molar-refractivity contribution in [2.24, 2.45) is 0 Å². The molecule has 2 aromatic rings.